The van der Waals surface area contributed by atoms with Crippen LogP contribution >= 0.6 is 0 Å². The molecule has 1 aliphatic rings. The lowest BCUT2D eigenvalue weighted by molar-refractivity contribution is -0.123. The van der Waals surface area contributed by atoms with Crippen LogP contribution < -0.4 is 20.4 Å². The average Bonchev–Trinajstić information content (AvgIpc) is 3.08. The minimum Gasteiger partial charge on any atom is -0.477 e. The highest BCUT2D eigenvalue weighted by Crippen LogP contribution is 2.32. The Morgan fingerprint density at radius 2 is 2.00 bits per heavy atom. The zero-order chi connectivity index (χ0) is 21.8. The van der Waals surface area contributed by atoms with Crippen molar-refractivity contribution in [3.63, 3.8) is 0 Å². The van der Waals surface area contributed by atoms with Crippen LogP contribution in [0.2, 0.25) is 0 Å². The summed E-state index contributed by atoms with van der Waals surface area (Å²) in [7, 11) is 0. The van der Waals surface area contributed by atoms with Crippen LogP contribution in [-0.4, -0.2) is 18.6 Å². The Morgan fingerprint density at radius 3 is 2.77 bits per heavy atom. The van der Waals surface area contributed by atoms with Gasteiger partial charge in [0.1, 0.15) is 17.8 Å². The number of rotatable bonds is 7. The number of fused-ring (bicyclic) bond motifs is 1. The number of hydrogen-bond acceptors (Lipinski definition) is 5. The Hall–Kier alpha value is -3.61. The largest absolute Gasteiger partial charge is 0.477 e. The molecule has 1 aromatic heterocycles. The molecule has 0 spiro atoms. The molecular weight excluding hydrogens is 399 g/mol. The summed E-state index contributed by atoms with van der Waals surface area (Å²) in [5, 5.41) is 2.66. The Kier molecular flexibility index (Phi) is 6.02. The number of para-hydroxylation sites is 1. The summed E-state index contributed by atoms with van der Waals surface area (Å²) in [6, 6.07) is 15.7. The van der Waals surface area contributed by atoms with Crippen LogP contribution in [-0.2, 0) is 24.3 Å². The summed E-state index contributed by atoms with van der Waals surface area (Å²) in [6.45, 7) is 2.54. The molecule has 2 heterocycles. The molecular formula is C24H23FN2O4. The molecule has 1 N–H and O–H groups in total. The first-order valence-corrected chi connectivity index (χ1v) is 10.1. The predicted molar refractivity (Wildman–Crippen MR) is 115 cm³/mol. The Balaban J connectivity index is 1.32. The van der Waals surface area contributed by atoms with Gasteiger partial charge in [0.05, 0.1) is 6.54 Å². The number of benzene rings is 2. The highest BCUT2D eigenvalue weighted by Gasteiger charge is 2.26. The SMILES string of the molecule is C[C@@H]1Cc2ccccc2N1Cc1cc(=O)c(OCC(=O)NCc2ccc(F)cc2)co1. The molecule has 7 heteroatoms. The third kappa shape index (κ3) is 4.94. The molecule has 0 radical (unpaired) electrons. The number of carbonyl (C=O) groups is 1. The van der Waals surface area contributed by atoms with Crippen LogP contribution in [0.3, 0.4) is 0 Å². The average molecular weight is 422 g/mol. The molecule has 0 unspecified atom stereocenters. The summed E-state index contributed by atoms with van der Waals surface area (Å²) in [5.74, 6) is -0.218. The van der Waals surface area contributed by atoms with Gasteiger partial charge in [-0.3, -0.25) is 9.59 Å². The molecule has 0 aliphatic carbocycles. The standard InChI is InChI=1S/C24H23FN2O4/c1-16-10-18-4-2-3-5-21(18)27(16)13-20-11-22(28)23(14-30-20)31-15-24(29)26-12-17-6-8-19(25)9-7-17/h2-9,11,14,16H,10,12-13,15H2,1H3,(H,26,29)/t16-/m1/s1. The van der Waals surface area contributed by atoms with Gasteiger partial charge in [0, 0.05) is 24.3 Å². The summed E-state index contributed by atoms with van der Waals surface area (Å²) < 4.78 is 23.8. The van der Waals surface area contributed by atoms with Crippen molar-refractivity contribution in [2.75, 3.05) is 11.5 Å². The van der Waals surface area contributed by atoms with Crippen LogP contribution in [0.1, 0.15) is 23.8 Å². The molecule has 4 rings (SSSR count). The van der Waals surface area contributed by atoms with Crippen LogP contribution in [0.4, 0.5) is 10.1 Å². The van der Waals surface area contributed by atoms with Crippen molar-refractivity contribution in [2.45, 2.75) is 32.5 Å². The molecule has 1 atom stereocenters. The van der Waals surface area contributed by atoms with E-state index in [0.29, 0.717) is 18.3 Å². The minimum absolute atomic E-state index is 0.0180. The van der Waals surface area contributed by atoms with E-state index in [1.807, 2.05) is 12.1 Å². The maximum absolute atomic E-state index is 12.9. The number of nitrogens with one attached hydrogen (secondary N) is 1. The third-order valence-electron chi connectivity index (χ3n) is 5.29. The number of hydrogen-bond donors (Lipinski definition) is 1. The zero-order valence-electron chi connectivity index (χ0n) is 17.1. The molecule has 0 saturated carbocycles. The molecule has 2 aromatic carbocycles. The van der Waals surface area contributed by atoms with Gasteiger partial charge in [-0.15, -0.1) is 0 Å². The quantitative estimate of drug-likeness (QED) is 0.632. The Labute approximate surface area is 179 Å². The first kappa shape index (κ1) is 20.7. The van der Waals surface area contributed by atoms with Crippen molar-refractivity contribution in [1.82, 2.24) is 5.32 Å². The van der Waals surface area contributed by atoms with Gasteiger partial charge in [0.15, 0.2) is 6.61 Å². The van der Waals surface area contributed by atoms with E-state index in [9.17, 15) is 14.0 Å². The number of nitrogens with zero attached hydrogens (tertiary/aromatic N) is 1. The van der Waals surface area contributed by atoms with E-state index in [-0.39, 0.29) is 30.1 Å². The van der Waals surface area contributed by atoms with Gasteiger partial charge in [0.2, 0.25) is 11.2 Å². The maximum Gasteiger partial charge on any atom is 0.258 e. The lowest BCUT2D eigenvalue weighted by Gasteiger charge is -2.24. The normalized spacial score (nSPS) is 14.9. The van der Waals surface area contributed by atoms with E-state index >= 15 is 0 Å². The van der Waals surface area contributed by atoms with Gasteiger partial charge < -0.3 is 19.4 Å². The number of halogens is 1. The van der Waals surface area contributed by atoms with Crippen molar-refractivity contribution in [3.05, 3.63) is 93.8 Å². The van der Waals surface area contributed by atoms with Crippen molar-refractivity contribution < 1.29 is 18.3 Å². The minimum atomic E-state index is -0.393. The number of carbonyl (C=O) groups excluding carboxylic acids is 1. The second-order valence-electron chi connectivity index (χ2n) is 7.58. The summed E-state index contributed by atoms with van der Waals surface area (Å²) in [4.78, 5) is 26.6. The fourth-order valence-corrected chi connectivity index (χ4v) is 3.66. The van der Waals surface area contributed by atoms with Crippen LogP contribution in [0, 0.1) is 5.82 Å². The van der Waals surface area contributed by atoms with E-state index in [1.165, 1.54) is 30.0 Å². The Morgan fingerprint density at radius 1 is 1.23 bits per heavy atom. The molecule has 3 aromatic rings. The van der Waals surface area contributed by atoms with E-state index in [0.717, 1.165) is 17.7 Å². The van der Waals surface area contributed by atoms with E-state index < -0.39 is 5.91 Å². The molecule has 0 saturated heterocycles. The van der Waals surface area contributed by atoms with Gasteiger partial charge in [0.25, 0.3) is 5.91 Å². The monoisotopic (exact) mass is 422 g/mol. The van der Waals surface area contributed by atoms with E-state index in [1.54, 1.807) is 12.1 Å². The molecule has 160 valence electrons. The van der Waals surface area contributed by atoms with Crippen molar-refractivity contribution in [3.8, 4) is 5.75 Å². The lowest BCUT2D eigenvalue weighted by Crippen LogP contribution is -2.30. The molecule has 1 amide bonds. The second kappa shape index (κ2) is 9.04. The van der Waals surface area contributed by atoms with E-state index in [4.69, 9.17) is 9.15 Å². The second-order valence-corrected chi connectivity index (χ2v) is 7.58. The molecule has 6 nitrogen and oxygen atoms in total. The van der Waals surface area contributed by atoms with Crippen molar-refractivity contribution in [2.24, 2.45) is 0 Å². The Bertz CT molecular complexity index is 1130. The zero-order valence-corrected chi connectivity index (χ0v) is 17.1. The fraction of sp³-hybridized carbons (Fsp3) is 0.250. The lowest BCUT2D eigenvalue weighted by atomic mass is 10.1. The maximum atomic E-state index is 12.9. The van der Waals surface area contributed by atoms with Crippen LogP contribution in [0.5, 0.6) is 5.75 Å². The molecule has 0 bridgehead atoms. The van der Waals surface area contributed by atoms with Crippen molar-refractivity contribution >= 4 is 11.6 Å². The summed E-state index contributed by atoms with van der Waals surface area (Å²) in [5.41, 5.74) is 2.85. The van der Waals surface area contributed by atoms with Crippen LogP contribution in [0.15, 0.2) is 70.1 Å². The van der Waals surface area contributed by atoms with Gasteiger partial charge >= 0.3 is 0 Å². The molecule has 0 fully saturated rings. The molecule has 1 aliphatic heterocycles. The topological polar surface area (TPSA) is 71.8 Å². The highest BCUT2D eigenvalue weighted by atomic mass is 19.1. The smallest absolute Gasteiger partial charge is 0.258 e. The van der Waals surface area contributed by atoms with Gasteiger partial charge in [-0.05, 0) is 42.7 Å². The van der Waals surface area contributed by atoms with Gasteiger partial charge in [-0.25, -0.2) is 4.39 Å². The first-order chi connectivity index (χ1) is 15.0. The first-order valence-electron chi connectivity index (χ1n) is 10.1. The number of anilines is 1. The molecule has 31 heavy (non-hydrogen) atoms. The fourth-order valence-electron chi connectivity index (χ4n) is 3.66. The van der Waals surface area contributed by atoms with Crippen LogP contribution in [0.25, 0.3) is 0 Å². The number of ether oxygens (including phenoxy) is 1. The van der Waals surface area contributed by atoms with Crippen molar-refractivity contribution in [1.29, 1.82) is 0 Å². The van der Waals surface area contributed by atoms with Gasteiger partial charge in [-0.2, -0.15) is 0 Å². The highest BCUT2D eigenvalue weighted by molar-refractivity contribution is 5.77. The third-order valence-corrected chi connectivity index (χ3v) is 5.29. The summed E-state index contributed by atoms with van der Waals surface area (Å²) >= 11 is 0. The van der Waals surface area contributed by atoms with E-state index in [2.05, 4.69) is 29.3 Å². The number of amides is 1. The predicted octanol–water partition coefficient (Wildman–Crippen LogP) is 3.43. The van der Waals surface area contributed by atoms with Gasteiger partial charge in [-0.1, -0.05) is 30.3 Å². The summed E-state index contributed by atoms with van der Waals surface area (Å²) in [6.07, 6.45) is 2.20.